The quantitative estimate of drug-likeness (QED) is 0.542. The first-order valence-electron chi connectivity index (χ1n) is 7.84. The van der Waals surface area contributed by atoms with Crippen LogP contribution in [0, 0.1) is 18.8 Å². The number of alkyl halides is 1. The minimum Gasteiger partial charge on any atom is -0.371 e. The van der Waals surface area contributed by atoms with Crippen molar-refractivity contribution >= 4 is 21.6 Å². The average Bonchev–Trinajstić information content (AvgIpc) is 2.38. The van der Waals surface area contributed by atoms with Gasteiger partial charge < -0.3 is 4.90 Å². The van der Waals surface area contributed by atoms with E-state index in [1.165, 1.54) is 29.7 Å². The second-order valence-corrected chi connectivity index (χ2v) is 7.18. The third-order valence-corrected chi connectivity index (χ3v) is 4.28. The molecule has 1 rings (SSSR count). The van der Waals surface area contributed by atoms with Gasteiger partial charge in [-0.25, -0.2) is 0 Å². The molecule has 0 saturated carbocycles. The van der Waals surface area contributed by atoms with Crippen LogP contribution in [0.3, 0.4) is 0 Å². The number of aryl methyl sites for hydroxylation is 1. The Balaban J connectivity index is 2.89. The predicted molar refractivity (Wildman–Crippen MR) is 94.9 cm³/mol. The van der Waals surface area contributed by atoms with Gasteiger partial charge in [0.15, 0.2) is 0 Å². The first kappa shape index (κ1) is 17.6. The molecule has 1 nitrogen and oxygen atoms in total. The van der Waals surface area contributed by atoms with Gasteiger partial charge in [-0.05, 0) is 43.2 Å². The van der Waals surface area contributed by atoms with E-state index in [4.69, 9.17) is 0 Å². The van der Waals surface area contributed by atoms with E-state index in [1.807, 2.05) is 0 Å². The summed E-state index contributed by atoms with van der Waals surface area (Å²) in [5.74, 6) is 1.52. The van der Waals surface area contributed by atoms with Crippen LogP contribution in [0.4, 0.5) is 5.69 Å². The van der Waals surface area contributed by atoms with E-state index in [1.54, 1.807) is 0 Å². The van der Waals surface area contributed by atoms with Crippen molar-refractivity contribution < 1.29 is 0 Å². The molecule has 0 fully saturated rings. The van der Waals surface area contributed by atoms with Gasteiger partial charge in [0.1, 0.15) is 0 Å². The van der Waals surface area contributed by atoms with Crippen molar-refractivity contribution in [3.8, 4) is 0 Å². The number of rotatable bonds is 8. The van der Waals surface area contributed by atoms with Crippen LogP contribution in [-0.2, 0) is 5.33 Å². The molecular weight excluding hydrogens is 310 g/mol. The first-order valence-corrected chi connectivity index (χ1v) is 8.96. The van der Waals surface area contributed by atoms with Gasteiger partial charge in [0.25, 0.3) is 0 Å². The summed E-state index contributed by atoms with van der Waals surface area (Å²) in [5, 5.41) is 0.934. The van der Waals surface area contributed by atoms with E-state index in [-0.39, 0.29) is 0 Å². The Kier molecular flexibility index (Phi) is 7.65. The lowest BCUT2D eigenvalue weighted by atomic mass is 10.1. The molecule has 0 radical (unpaired) electrons. The Morgan fingerprint density at radius 1 is 1.00 bits per heavy atom. The molecule has 0 aliphatic heterocycles. The van der Waals surface area contributed by atoms with Crippen molar-refractivity contribution in [2.75, 3.05) is 18.0 Å². The smallest absolute Gasteiger partial charge is 0.0407 e. The average molecular weight is 340 g/mol. The summed E-state index contributed by atoms with van der Waals surface area (Å²) in [4.78, 5) is 2.58. The Labute approximate surface area is 133 Å². The molecule has 0 N–H and O–H groups in total. The molecule has 114 valence electrons. The zero-order valence-corrected chi connectivity index (χ0v) is 15.3. The third-order valence-electron chi connectivity index (χ3n) is 3.67. The van der Waals surface area contributed by atoms with E-state index in [2.05, 4.69) is 73.6 Å². The molecule has 1 aromatic carbocycles. The molecule has 0 amide bonds. The maximum atomic E-state index is 3.64. The molecular formula is C18H30BrN. The van der Waals surface area contributed by atoms with Crippen LogP contribution in [0.15, 0.2) is 18.2 Å². The third kappa shape index (κ3) is 5.87. The van der Waals surface area contributed by atoms with Crippen LogP contribution in [-0.4, -0.2) is 13.1 Å². The van der Waals surface area contributed by atoms with Crippen molar-refractivity contribution in [2.24, 2.45) is 11.8 Å². The normalized spacial score (nSPS) is 11.4. The van der Waals surface area contributed by atoms with Crippen LogP contribution in [0.1, 0.15) is 51.7 Å². The summed E-state index contributed by atoms with van der Waals surface area (Å²) in [6.45, 7) is 13.7. The minimum absolute atomic E-state index is 0.759. The Bertz CT molecular complexity index is 386. The molecule has 0 spiro atoms. The van der Waals surface area contributed by atoms with Crippen molar-refractivity contribution in [1.29, 1.82) is 0 Å². The molecule has 0 aliphatic carbocycles. The highest BCUT2D eigenvalue weighted by Gasteiger charge is 2.12. The van der Waals surface area contributed by atoms with Gasteiger partial charge in [-0.15, -0.1) is 0 Å². The largest absolute Gasteiger partial charge is 0.371 e. The molecule has 0 atom stereocenters. The van der Waals surface area contributed by atoms with Gasteiger partial charge in [-0.2, -0.15) is 0 Å². The van der Waals surface area contributed by atoms with Crippen molar-refractivity contribution in [3.63, 3.8) is 0 Å². The number of hydrogen-bond acceptors (Lipinski definition) is 1. The van der Waals surface area contributed by atoms with Gasteiger partial charge in [0.05, 0.1) is 0 Å². The minimum atomic E-state index is 0.759. The Morgan fingerprint density at radius 3 is 2.00 bits per heavy atom. The van der Waals surface area contributed by atoms with Gasteiger partial charge in [-0.3, -0.25) is 0 Å². The van der Waals surface area contributed by atoms with Crippen LogP contribution in [0.25, 0.3) is 0 Å². The van der Waals surface area contributed by atoms with Gasteiger partial charge in [-0.1, -0.05) is 61.3 Å². The first-order chi connectivity index (χ1) is 9.43. The lowest BCUT2D eigenvalue weighted by Gasteiger charge is -2.28. The maximum absolute atomic E-state index is 3.64. The summed E-state index contributed by atoms with van der Waals surface area (Å²) < 4.78 is 0. The van der Waals surface area contributed by atoms with Crippen LogP contribution in [0.2, 0.25) is 0 Å². The molecule has 0 heterocycles. The molecule has 0 saturated heterocycles. The molecule has 2 heteroatoms. The zero-order chi connectivity index (χ0) is 15.1. The second kappa shape index (κ2) is 8.71. The number of nitrogens with zero attached hydrogens (tertiary/aromatic N) is 1. The summed E-state index contributed by atoms with van der Waals surface area (Å²) >= 11 is 3.64. The molecule has 0 aromatic heterocycles. The number of anilines is 1. The molecule has 0 aliphatic rings. The van der Waals surface area contributed by atoms with E-state index < -0.39 is 0 Å². The van der Waals surface area contributed by atoms with Gasteiger partial charge in [0.2, 0.25) is 0 Å². The standard InChI is InChI=1S/C18H30BrN/c1-14(2)8-10-20(11-9-15(3)4)18-7-6-16(5)12-17(18)13-19/h6-7,12,14-15H,8-11,13H2,1-5H3. The highest BCUT2D eigenvalue weighted by molar-refractivity contribution is 9.08. The van der Waals surface area contributed by atoms with E-state index in [0.717, 1.165) is 30.3 Å². The topological polar surface area (TPSA) is 3.24 Å². The lowest BCUT2D eigenvalue weighted by Crippen LogP contribution is -2.28. The number of benzene rings is 1. The number of hydrogen-bond donors (Lipinski definition) is 0. The van der Waals surface area contributed by atoms with Crippen LogP contribution in [0.5, 0.6) is 0 Å². The maximum Gasteiger partial charge on any atom is 0.0407 e. The Hall–Kier alpha value is -0.500. The zero-order valence-electron chi connectivity index (χ0n) is 13.7. The fraction of sp³-hybridized carbons (Fsp3) is 0.667. The summed E-state index contributed by atoms with van der Waals surface area (Å²) in [5.41, 5.74) is 4.17. The number of halogens is 1. The molecule has 0 bridgehead atoms. The van der Waals surface area contributed by atoms with E-state index in [0.29, 0.717) is 0 Å². The van der Waals surface area contributed by atoms with Crippen molar-refractivity contribution in [2.45, 2.75) is 52.8 Å². The Morgan fingerprint density at radius 2 is 1.55 bits per heavy atom. The van der Waals surface area contributed by atoms with Crippen LogP contribution >= 0.6 is 15.9 Å². The summed E-state index contributed by atoms with van der Waals surface area (Å²) in [6.07, 6.45) is 2.52. The van der Waals surface area contributed by atoms with Gasteiger partial charge in [0, 0.05) is 24.1 Å². The second-order valence-electron chi connectivity index (χ2n) is 6.62. The SMILES string of the molecule is Cc1ccc(N(CCC(C)C)CCC(C)C)c(CBr)c1. The lowest BCUT2D eigenvalue weighted by molar-refractivity contribution is 0.535. The summed E-state index contributed by atoms with van der Waals surface area (Å²) in [6, 6.07) is 6.84. The predicted octanol–water partition coefficient (Wildman–Crippen LogP) is 5.79. The molecule has 1 aromatic rings. The monoisotopic (exact) mass is 339 g/mol. The van der Waals surface area contributed by atoms with Crippen LogP contribution < -0.4 is 4.90 Å². The fourth-order valence-corrected chi connectivity index (χ4v) is 2.76. The van der Waals surface area contributed by atoms with Crippen molar-refractivity contribution in [1.82, 2.24) is 0 Å². The fourth-order valence-electron chi connectivity index (χ4n) is 2.31. The highest BCUT2D eigenvalue weighted by Crippen LogP contribution is 2.25. The summed E-state index contributed by atoms with van der Waals surface area (Å²) in [7, 11) is 0. The van der Waals surface area contributed by atoms with E-state index in [9.17, 15) is 0 Å². The molecule has 20 heavy (non-hydrogen) atoms. The van der Waals surface area contributed by atoms with Gasteiger partial charge >= 0.3 is 0 Å². The molecule has 0 unspecified atom stereocenters. The highest BCUT2D eigenvalue weighted by atomic mass is 79.9. The van der Waals surface area contributed by atoms with E-state index >= 15 is 0 Å². The van der Waals surface area contributed by atoms with Crippen molar-refractivity contribution in [3.05, 3.63) is 29.3 Å².